The van der Waals surface area contributed by atoms with Gasteiger partial charge < -0.3 is 10.0 Å². The van der Waals surface area contributed by atoms with E-state index < -0.39 is 27.1 Å². The van der Waals surface area contributed by atoms with Gasteiger partial charge in [-0.1, -0.05) is 17.7 Å². The Hall–Kier alpha value is -1.77. The van der Waals surface area contributed by atoms with Crippen molar-refractivity contribution >= 4 is 16.0 Å². The summed E-state index contributed by atoms with van der Waals surface area (Å²) < 4.78 is 63.5. The van der Waals surface area contributed by atoms with Crippen LogP contribution in [-0.4, -0.2) is 20.5 Å². The van der Waals surface area contributed by atoms with Crippen LogP contribution < -0.4 is 5.84 Å². The summed E-state index contributed by atoms with van der Waals surface area (Å²) in [5.41, 5.74) is 0.748. The van der Waals surface area contributed by atoms with E-state index in [4.69, 9.17) is 0 Å². The molecule has 0 saturated carbocycles. The number of nitrogens with two attached hydrogens (primary N) is 1. The highest BCUT2D eigenvalue weighted by Crippen LogP contribution is 2.22. The first-order valence-electron chi connectivity index (χ1n) is 4.53. The van der Waals surface area contributed by atoms with Crippen molar-refractivity contribution in [3.05, 3.63) is 29.8 Å². The number of nitrogens with zero attached hydrogens (tertiary/aromatic N) is 1. The molecule has 0 heterocycles. The Morgan fingerprint density at radius 3 is 2.17 bits per heavy atom. The number of hydrogen-bond donors (Lipinski definition) is 1. The summed E-state index contributed by atoms with van der Waals surface area (Å²) in [5.74, 6) is 2.42. The molecule has 0 saturated heterocycles. The monoisotopic (exact) mass is 282 g/mol. The van der Waals surface area contributed by atoms with Gasteiger partial charge in [0.2, 0.25) is 0 Å². The number of rotatable bonds is 2. The quantitative estimate of drug-likeness (QED) is 0.293. The second-order valence-electron chi connectivity index (χ2n) is 3.28. The van der Waals surface area contributed by atoms with Crippen molar-refractivity contribution in [1.29, 1.82) is 0 Å². The zero-order valence-electron chi connectivity index (χ0n) is 9.10. The van der Waals surface area contributed by atoms with Crippen LogP contribution in [0.5, 0.6) is 0 Å². The van der Waals surface area contributed by atoms with Crippen LogP contribution in [0.1, 0.15) is 5.56 Å². The maximum Gasteiger partial charge on any atom is 0.471 e. The third kappa shape index (κ3) is 3.36. The number of hydrogen-bond acceptors (Lipinski definition) is 5. The minimum atomic E-state index is -5.08. The van der Waals surface area contributed by atoms with E-state index in [2.05, 4.69) is 15.1 Å². The fraction of sp³-hybridized carbons (Fsp3) is 0.222. The minimum Gasteiger partial charge on any atom is -0.351 e. The predicted molar refractivity (Wildman–Crippen MR) is 57.1 cm³/mol. The SMILES string of the molecule is Cc1ccc(S(=O)(=O)OC(=NN)C(F)(F)F)cc1. The van der Waals surface area contributed by atoms with Crippen LogP contribution in [0.25, 0.3) is 0 Å². The topological polar surface area (TPSA) is 81.8 Å². The molecule has 0 aliphatic heterocycles. The summed E-state index contributed by atoms with van der Waals surface area (Å²) in [7, 11) is -4.60. The molecule has 0 amide bonds. The molecule has 1 aromatic carbocycles. The molecule has 0 aliphatic carbocycles. The Balaban J connectivity index is 3.06. The molecule has 1 rings (SSSR count). The first-order chi connectivity index (χ1) is 8.16. The van der Waals surface area contributed by atoms with Crippen molar-refractivity contribution in [3.8, 4) is 0 Å². The van der Waals surface area contributed by atoms with Crippen molar-refractivity contribution in [2.24, 2.45) is 10.9 Å². The van der Waals surface area contributed by atoms with Crippen molar-refractivity contribution in [3.63, 3.8) is 0 Å². The molecule has 0 fully saturated rings. The van der Waals surface area contributed by atoms with Gasteiger partial charge in [0, 0.05) is 0 Å². The van der Waals surface area contributed by atoms with Gasteiger partial charge in [0.05, 0.1) is 0 Å². The summed E-state index contributed by atoms with van der Waals surface area (Å²) in [6.45, 7) is 1.69. The lowest BCUT2D eigenvalue weighted by Gasteiger charge is -2.10. The molecule has 100 valence electrons. The highest BCUT2D eigenvalue weighted by molar-refractivity contribution is 7.87. The molecule has 0 bridgehead atoms. The Labute approximate surface area is 101 Å². The third-order valence-electron chi connectivity index (χ3n) is 1.86. The van der Waals surface area contributed by atoms with Crippen LogP contribution in [0.3, 0.4) is 0 Å². The van der Waals surface area contributed by atoms with Crippen molar-refractivity contribution in [2.45, 2.75) is 18.0 Å². The molecule has 0 radical (unpaired) electrons. The number of halogens is 3. The fourth-order valence-electron chi connectivity index (χ4n) is 0.999. The van der Waals surface area contributed by atoms with E-state index in [1.807, 2.05) is 0 Å². The van der Waals surface area contributed by atoms with E-state index in [0.717, 1.165) is 17.7 Å². The fourth-order valence-corrected chi connectivity index (χ4v) is 1.91. The van der Waals surface area contributed by atoms with Crippen LogP contribution in [0, 0.1) is 6.92 Å². The summed E-state index contributed by atoms with van der Waals surface area (Å²) in [4.78, 5) is -0.418. The van der Waals surface area contributed by atoms with Gasteiger partial charge >= 0.3 is 22.2 Å². The van der Waals surface area contributed by atoms with Crippen molar-refractivity contribution in [2.75, 3.05) is 0 Å². The van der Waals surface area contributed by atoms with Crippen molar-refractivity contribution in [1.82, 2.24) is 0 Å². The van der Waals surface area contributed by atoms with Crippen LogP contribution in [-0.2, 0) is 14.3 Å². The molecule has 0 aliphatic rings. The van der Waals surface area contributed by atoms with Gasteiger partial charge in [0.15, 0.2) is 0 Å². The Morgan fingerprint density at radius 1 is 1.28 bits per heavy atom. The highest BCUT2D eigenvalue weighted by atomic mass is 32.2. The molecule has 5 nitrogen and oxygen atoms in total. The van der Waals surface area contributed by atoms with Gasteiger partial charge in [0.25, 0.3) is 0 Å². The summed E-state index contributed by atoms with van der Waals surface area (Å²) in [6, 6.07) is 5.08. The largest absolute Gasteiger partial charge is 0.471 e. The third-order valence-corrected chi connectivity index (χ3v) is 3.08. The van der Waals surface area contributed by atoms with Gasteiger partial charge in [-0.2, -0.15) is 21.6 Å². The smallest absolute Gasteiger partial charge is 0.351 e. The number of alkyl halides is 3. The minimum absolute atomic E-state index is 0.418. The summed E-state index contributed by atoms with van der Waals surface area (Å²) in [5, 5.41) is 2.28. The standard InChI is InChI=1S/C9H9F3N2O3S/c1-6-2-4-7(5-3-6)18(15,16)17-8(14-13)9(10,11)12/h2-5H,13H2,1H3. The second-order valence-corrected chi connectivity index (χ2v) is 4.83. The molecule has 0 unspecified atom stereocenters. The molecule has 0 atom stereocenters. The van der Waals surface area contributed by atoms with E-state index in [1.54, 1.807) is 6.92 Å². The zero-order chi connectivity index (χ0) is 14.0. The summed E-state index contributed by atoms with van der Waals surface area (Å²) in [6.07, 6.45) is -5.08. The molecule has 0 aromatic heterocycles. The van der Waals surface area contributed by atoms with Gasteiger partial charge in [-0.25, -0.2) is 0 Å². The van der Waals surface area contributed by atoms with Crippen LogP contribution in [0.15, 0.2) is 34.3 Å². The molecular formula is C9H9F3N2O3S. The van der Waals surface area contributed by atoms with Crippen LogP contribution in [0.4, 0.5) is 13.2 Å². The van der Waals surface area contributed by atoms with Crippen molar-refractivity contribution < 1.29 is 25.8 Å². The zero-order valence-corrected chi connectivity index (χ0v) is 9.92. The number of aryl methyl sites for hydroxylation is 1. The van der Waals surface area contributed by atoms with E-state index in [0.29, 0.717) is 0 Å². The lowest BCUT2D eigenvalue weighted by atomic mass is 10.2. The lowest BCUT2D eigenvalue weighted by Crippen LogP contribution is -2.29. The number of benzene rings is 1. The average Bonchev–Trinajstić information content (AvgIpc) is 2.25. The van der Waals surface area contributed by atoms with Gasteiger partial charge in [-0.3, -0.25) is 0 Å². The lowest BCUT2D eigenvalue weighted by molar-refractivity contribution is -0.0709. The van der Waals surface area contributed by atoms with Gasteiger partial charge in [-0.05, 0) is 19.1 Å². The summed E-state index contributed by atoms with van der Waals surface area (Å²) >= 11 is 0. The Bertz CT molecular complexity index is 549. The first kappa shape index (κ1) is 14.3. The molecule has 2 N–H and O–H groups in total. The first-order valence-corrected chi connectivity index (χ1v) is 5.94. The van der Waals surface area contributed by atoms with E-state index in [1.165, 1.54) is 12.1 Å². The van der Waals surface area contributed by atoms with E-state index in [9.17, 15) is 21.6 Å². The molecule has 9 heteroatoms. The van der Waals surface area contributed by atoms with Gasteiger partial charge in [0.1, 0.15) is 4.90 Å². The average molecular weight is 282 g/mol. The number of hydrazone groups is 1. The second kappa shape index (κ2) is 4.84. The maximum atomic E-state index is 12.2. The van der Waals surface area contributed by atoms with Crippen LogP contribution >= 0.6 is 0 Å². The predicted octanol–water partition coefficient (Wildman–Crippen LogP) is 1.53. The Morgan fingerprint density at radius 2 is 1.78 bits per heavy atom. The molecule has 0 spiro atoms. The molecule has 1 aromatic rings. The van der Waals surface area contributed by atoms with E-state index >= 15 is 0 Å². The van der Waals surface area contributed by atoms with E-state index in [-0.39, 0.29) is 0 Å². The molecule has 18 heavy (non-hydrogen) atoms. The van der Waals surface area contributed by atoms with Crippen LogP contribution in [0.2, 0.25) is 0 Å². The normalized spacial score (nSPS) is 13.4. The maximum absolute atomic E-state index is 12.2. The Kier molecular flexibility index (Phi) is 3.85. The molecular weight excluding hydrogens is 273 g/mol. The van der Waals surface area contributed by atoms with Gasteiger partial charge in [-0.15, -0.1) is 5.10 Å². The highest BCUT2D eigenvalue weighted by Gasteiger charge is 2.41.